The predicted octanol–water partition coefficient (Wildman–Crippen LogP) is 3.14. The Morgan fingerprint density at radius 1 is 1.36 bits per heavy atom. The van der Waals surface area contributed by atoms with Gasteiger partial charge in [0.15, 0.2) is 0 Å². The standard InChI is InChI=1S/C20H26N2O3/c1-2-25-18-5-3-4-17-20(18)15(11-21-17)10-19(23)22(16-6-7-16)12-14-8-9-24-13-14/h3-5,11,14,16,21H,2,6-10,12-13H2,1H3. The highest BCUT2D eigenvalue weighted by Gasteiger charge is 2.34. The fourth-order valence-electron chi connectivity index (χ4n) is 3.75. The molecule has 1 atom stereocenters. The van der Waals surface area contributed by atoms with Crippen LogP contribution < -0.4 is 4.74 Å². The number of amides is 1. The number of H-pyrrole nitrogens is 1. The first-order chi connectivity index (χ1) is 12.3. The van der Waals surface area contributed by atoms with Crippen LogP contribution in [0.4, 0.5) is 0 Å². The third-order valence-corrected chi connectivity index (χ3v) is 5.18. The molecule has 5 heteroatoms. The predicted molar refractivity (Wildman–Crippen MR) is 96.8 cm³/mol. The minimum Gasteiger partial charge on any atom is -0.493 e. The highest BCUT2D eigenvalue weighted by molar-refractivity contribution is 5.93. The molecule has 134 valence electrons. The Balaban J connectivity index is 1.53. The average Bonchev–Trinajstić information content (AvgIpc) is 3.15. The largest absolute Gasteiger partial charge is 0.493 e. The fourth-order valence-corrected chi connectivity index (χ4v) is 3.75. The molecule has 2 heterocycles. The minimum atomic E-state index is 0.224. The van der Waals surface area contributed by atoms with Gasteiger partial charge in [0.2, 0.25) is 5.91 Å². The quantitative estimate of drug-likeness (QED) is 0.841. The maximum absolute atomic E-state index is 13.0. The summed E-state index contributed by atoms with van der Waals surface area (Å²) in [6.07, 6.45) is 5.72. The Bertz CT molecular complexity index is 744. The number of benzene rings is 1. The van der Waals surface area contributed by atoms with E-state index in [2.05, 4.69) is 9.88 Å². The summed E-state index contributed by atoms with van der Waals surface area (Å²) in [5.41, 5.74) is 2.05. The Labute approximate surface area is 148 Å². The van der Waals surface area contributed by atoms with Gasteiger partial charge in [0.25, 0.3) is 0 Å². The zero-order valence-corrected chi connectivity index (χ0v) is 14.8. The van der Waals surface area contributed by atoms with Crippen molar-refractivity contribution in [2.75, 3.05) is 26.4 Å². The lowest BCUT2D eigenvalue weighted by atomic mass is 10.1. The molecule has 2 aromatic rings. The molecule has 1 aliphatic heterocycles. The van der Waals surface area contributed by atoms with Crippen molar-refractivity contribution in [3.63, 3.8) is 0 Å². The van der Waals surface area contributed by atoms with Crippen molar-refractivity contribution < 1.29 is 14.3 Å². The topological polar surface area (TPSA) is 54.6 Å². The highest BCUT2D eigenvalue weighted by atomic mass is 16.5. The van der Waals surface area contributed by atoms with Crippen LogP contribution in [0.3, 0.4) is 0 Å². The van der Waals surface area contributed by atoms with Gasteiger partial charge in [-0.15, -0.1) is 0 Å². The molecule has 25 heavy (non-hydrogen) atoms. The van der Waals surface area contributed by atoms with E-state index in [1.165, 1.54) is 0 Å². The number of nitrogens with one attached hydrogen (secondary N) is 1. The first-order valence-electron chi connectivity index (χ1n) is 9.35. The third kappa shape index (κ3) is 3.52. The maximum atomic E-state index is 13.0. The summed E-state index contributed by atoms with van der Waals surface area (Å²) < 4.78 is 11.3. The number of carbonyl (C=O) groups excluding carboxylic acids is 1. The number of ether oxygens (including phenoxy) is 2. The normalized spacial score (nSPS) is 20.1. The molecule has 5 nitrogen and oxygen atoms in total. The van der Waals surface area contributed by atoms with Crippen LogP contribution in [0.25, 0.3) is 10.9 Å². The van der Waals surface area contributed by atoms with E-state index < -0.39 is 0 Å². The van der Waals surface area contributed by atoms with Crippen LogP contribution in [0.1, 0.15) is 31.7 Å². The Hall–Kier alpha value is -2.01. The zero-order valence-electron chi connectivity index (χ0n) is 14.8. The van der Waals surface area contributed by atoms with Crippen molar-refractivity contribution in [1.29, 1.82) is 0 Å². The van der Waals surface area contributed by atoms with E-state index >= 15 is 0 Å². The van der Waals surface area contributed by atoms with Gasteiger partial charge in [-0.2, -0.15) is 0 Å². The lowest BCUT2D eigenvalue weighted by Crippen LogP contribution is -2.38. The van der Waals surface area contributed by atoms with Crippen LogP contribution in [0.15, 0.2) is 24.4 Å². The fraction of sp³-hybridized carbons (Fsp3) is 0.550. The van der Waals surface area contributed by atoms with Crippen molar-refractivity contribution in [3.8, 4) is 5.75 Å². The smallest absolute Gasteiger partial charge is 0.227 e. The number of aromatic amines is 1. The van der Waals surface area contributed by atoms with Crippen molar-refractivity contribution in [2.45, 2.75) is 38.6 Å². The number of hydrogen-bond donors (Lipinski definition) is 1. The summed E-state index contributed by atoms with van der Waals surface area (Å²) >= 11 is 0. The van der Waals surface area contributed by atoms with Crippen molar-refractivity contribution >= 4 is 16.8 Å². The molecule has 0 spiro atoms. The molecular formula is C20H26N2O3. The van der Waals surface area contributed by atoms with Crippen LogP contribution in [0, 0.1) is 5.92 Å². The number of fused-ring (bicyclic) bond motifs is 1. The van der Waals surface area contributed by atoms with Gasteiger partial charge < -0.3 is 19.4 Å². The van der Waals surface area contributed by atoms with E-state index in [4.69, 9.17) is 9.47 Å². The minimum absolute atomic E-state index is 0.224. The molecule has 1 saturated heterocycles. The molecule has 2 fully saturated rings. The van der Waals surface area contributed by atoms with Crippen LogP contribution >= 0.6 is 0 Å². The summed E-state index contributed by atoms with van der Waals surface area (Å²) in [6.45, 7) is 5.06. The molecule has 1 aromatic heterocycles. The van der Waals surface area contributed by atoms with Crippen LogP contribution in [-0.4, -0.2) is 48.2 Å². The van der Waals surface area contributed by atoms with Crippen LogP contribution in [-0.2, 0) is 16.0 Å². The van der Waals surface area contributed by atoms with Gasteiger partial charge in [-0.1, -0.05) is 6.07 Å². The van der Waals surface area contributed by atoms with E-state index in [1.807, 2.05) is 31.3 Å². The van der Waals surface area contributed by atoms with Crippen LogP contribution in [0.5, 0.6) is 5.75 Å². The van der Waals surface area contributed by atoms with E-state index in [9.17, 15) is 4.79 Å². The Morgan fingerprint density at radius 3 is 2.96 bits per heavy atom. The molecule has 1 aliphatic carbocycles. The summed E-state index contributed by atoms with van der Waals surface area (Å²) in [7, 11) is 0. The number of carbonyl (C=O) groups is 1. The van der Waals surface area contributed by atoms with Gasteiger partial charge in [0, 0.05) is 42.2 Å². The second-order valence-corrected chi connectivity index (χ2v) is 7.11. The Morgan fingerprint density at radius 2 is 2.24 bits per heavy atom. The molecule has 0 bridgehead atoms. The monoisotopic (exact) mass is 342 g/mol. The van der Waals surface area contributed by atoms with Gasteiger partial charge in [0.05, 0.1) is 19.6 Å². The van der Waals surface area contributed by atoms with Gasteiger partial charge in [0.1, 0.15) is 5.75 Å². The lowest BCUT2D eigenvalue weighted by molar-refractivity contribution is -0.131. The zero-order chi connectivity index (χ0) is 17.2. The third-order valence-electron chi connectivity index (χ3n) is 5.18. The maximum Gasteiger partial charge on any atom is 0.227 e. The van der Waals surface area contributed by atoms with Crippen molar-refractivity contribution in [2.24, 2.45) is 5.92 Å². The van der Waals surface area contributed by atoms with Crippen LogP contribution in [0.2, 0.25) is 0 Å². The summed E-state index contributed by atoms with van der Waals surface area (Å²) in [6, 6.07) is 6.42. The number of nitrogens with zero attached hydrogens (tertiary/aromatic N) is 1. The van der Waals surface area contributed by atoms with Crippen molar-refractivity contribution in [3.05, 3.63) is 30.0 Å². The van der Waals surface area contributed by atoms with E-state index in [0.717, 1.165) is 61.2 Å². The molecule has 1 N–H and O–H groups in total. The van der Waals surface area contributed by atoms with Gasteiger partial charge in [-0.25, -0.2) is 0 Å². The highest BCUT2D eigenvalue weighted by Crippen LogP contribution is 2.32. The van der Waals surface area contributed by atoms with Gasteiger partial charge >= 0.3 is 0 Å². The number of hydrogen-bond acceptors (Lipinski definition) is 3. The molecule has 1 amide bonds. The van der Waals surface area contributed by atoms with Crippen molar-refractivity contribution in [1.82, 2.24) is 9.88 Å². The molecule has 4 rings (SSSR count). The van der Waals surface area contributed by atoms with Gasteiger partial charge in [-0.05, 0) is 43.9 Å². The lowest BCUT2D eigenvalue weighted by Gasteiger charge is -2.25. The average molecular weight is 342 g/mol. The van der Waals surface area contributed by atoms with Gasteiger partial charge in [-0.3, -0.25) is 4.79 Å². The van der Waals surface area contributed by atoms with E-state index in [-0.39, 0.29) is 5.91 Å². The summed E-state index contributed by atoms with van der Waals surface area (Å²) in [4.78, 5) is 18.4. The molecule has 1 saturated carbocycles. The van der Waals surface area contributed by atoms with E-state index in [1.54, 1.807) is 0 Å². The second-order valence-electron chi connectivity index (χ2n) is 7.11. The number of aromatic nitrogens is 1. The molecule has 1 aromatic carbocycles. The van der Waals surface area contributed by atoms with E-state index in [0.29, 0.717) is 25.0 Å². The molecule has 1 unspecified atom stereocenters. The Kier molecular flexibility index (Phi) is 4.66. The number of rotatable bonds is 7. The molecule has 2 aliphatic rings. The second kappa shape index (κ2) is 7.08. The molecular weight excluding hydrogens is 316 g/mol. The summed E-state index contributed by atoms with van der Waals surface area (Å²) in [5.74, 6) is 1.57. The summed E-state index contributed by atoms with van der Waals surface area (Å²) in [5, 5.41) is 1.04. The first-order valence-corrected chi connectivity index (χ1v) is 9.35. The molecule has 0 radical (unpaired) electrons. The first kappa shape index (κ1) is 16.5. The SMILES string of the molecule is CCOc1cccc2[nH]cc(CC(=O)N(CC3CCOC3)C3CC3)c12.